The summed E-state index contributed by atoms with van der Waals surface area (Å²) >= 11 is 0. The number of ether oxygens (including phenoxy) is 2. The molecule has 0 heterocycles. The third-order valence-electron chi connectivity index (χ3n) is 5.48. The van der Waals surface area contributed by atoms with Crippen molar-refractivity contribution in [3.63, 3.8) is 0 Å². The van der Waals surface area contributed by atoms with Crippen LogP contribution in [0, 0.1) is 0 Å². The third kappa shape index (κ3) is 6.68. The number of carbonyl (C=O) groups is 3. The lowest BCUT2D eigenvalue weighted by atomic mass is 9.99. The van der Waals surface area contributed by atoms with Crippen LogP contribution in [0.25, 0.3) is 0 Å². The number of hydrogen-bond donors (Lipinski definition) is 3. The van der Waals surface area contributed by atoms with E-state index in [1.54, 1.807) is 84.9 Å². The van der Waals surface area contributed by atoms with Crippen molar-refractivity contribution < 1.29 is 29.0 Å². The van der Waals surface area contributed by atoms with Gasteiger partial charge in [0, 0.05) is 12.0 Å². The van der Waals surface area contributed by atoms with E-state index in [-0.39, 0.29) is 6.42 Å². The van der Waals surface area contributed by atoms with Crippen LogP contribution in [0.3, 0.4) is 0 Å². The van der Waals surface area contributed by atoms with Crippen LogP contribution in [-0.4, -0.2) is 49.3 Å². The normalized spacial score (nSPS) is 13.1. The largest absolute Gasteiger partial charge is 0.496 e. The van der Waals surface area contributed by atoms with Crippen LogP contribution in [0.1, 0.15) is 27.5 Å². The molecule has 0 spiro atoms. The first-order chi connectivity index (χ1) is 16.9. The van der Waals surface area contributed by atoms with Crippen molar-refractivity contribution in [2.45, 2.75) is 24.6 Å². The first-order valence-electron chi connectivity index (χ1n) is 11.0. The zero-order chi connectivity index (χ0) is 25.2. The molecule has 0 bridgehead atoms. The number of hydrogen-bond acceptors (Lipinski definition) is 6. The second kappa shape index (κ2) is 12.3. The monoisotopic (exact) mass is 476 g/mol. The van der Waals surface area contributed by atoms with Crippen LogP contribution in [0.2, 0.25) is 0 Å². The zero-order valence-corrected chi connectivity index (χ0v) is 19.5. The minimum atomic E-state index is -1.69. The molecule has 35 heavy (non-hydrogen) atoms. The van der Waals surface area contributed by atoms with Gasteiger partial charge >= 0.3 is 5.97 Å². The van der Waals surface area contributed by atoms with E-state index in [1.807, 2.05) is 0 Å². The highest BCUT2D eigenvalue weighted by molar-refractivity contribution is 5.95. The predicted molar refractivity (Wildman–Crippen MR) is 130 cm³/mol. The fourth-order valence-electron chi connectivity index (χ4n) is 3.65. The molecule has 3 aromatic rings. The van der Waals surface area contributed by atoms with Crippen molar-refractivity contribution >= 4 is 17.8 Å². The number of methoxy groups -OCH3 is 2. The van der Waals surface area contributed by atoms with Crippen LogP contribution >= 0.6 is 0 Å². The molecule has 0 aromatic heterocycles. The van der Waals surface area contributed by atoms with Crippen LogP contribution in [0.5, 0.6) is 5.75 Å². The Morgan fingerprint density at radius 1 is 0.829 bits per heavy atom. The molecule has 0 radical (unpaired) electrons. The third-order valence-corrected chi connectivity index (χ3v) is 5.48. The molecule has 3 rings (SSSR count). The quantitative estimate of drug-likeness (QED) is 0.387. The van der Waals surface area contributed by atoms with Gasteiger partial charge in [0.25, 0.3) is 11.8 Å². The fourth-order valence-corrected chi connectivity index (χ4v) is 3.65. The van der Waals surface area contributed by atoms with Gasteiger partial charge in [0.05, 0.1) is 20.3 Å². The van der Waals surface area contributed by atoms with E-state index in [0.29, 0.717) is 22.4 Å². The van der Waals surface area contributed by atoms with Crippen molar-refractivity contribution in [3.05, 3.63) is 102 Å². The highest BCUT2D eigenvalue weighted by Gasteiger charge is 2.33. The molecule has 0 fully saturated rings. The Hall–Kier alpha value is -4.17. The lowest BCUT2D eigenvalue weighted by molar-refractivity contribution is -0.146. The number of benzene rings is 3. The van der Waals surface area contributed by atoms with Gasteiger partial charge in [-0.2, -0.15) is 0 Å². The van der Waals surface area contributed by atoms with Crippen molar-refractivity contribution in [1.82, 2.24) is 10.6 Å². The first-order valence-corrected chi connectivity index (χ1v) is 11.0. The lowest BCUT2D eigenvalue weighted by Crippen LogP contribution is -2.51. The molecule has 3 aromatic carbocycles. The summed E-state index contributed by atoms with van der Waals surface area (Å²) < 4.78 is 10.2. The molecule has 3 atom stereocenters. The number of rotatable bonds is 10. The molecule has 0 saturated heterocycles. The van der Waals surface area contributed by atoms with Crippen LogP contribution in [0.4, 0.5) is 0 Å². The number of aliphatic hydroxyl groups excluding tert-OH is 1. The Labute approximate surface area is 203 Å². The molecule has 0 aliphatic rings. The second-order valence-electron chi connectivity index (χ2n) is 7.77. The average Bonchev–Trinajstić information content (AvgIpc) is 2.91. The average molecular weight is 477 g/mol. The fraction of sp³-hybridized carbons (Fsp3) is 0.222. The number of para-hydroxylation sites is 1. The van der Waals surface area contributed by atoms with E-state index >= 15 is 0 Å². The van der Waals surface area contributed by atoms with E-state index in [9.17, 15) is 19.5 Å². The maximum absolute atomic E-state index is 13.1. The van der Waals surface area contributed by atoms with Gasteiger partial charge in [0.15, 0.2) is 6.10 Å². The second-order valence-corrected chi connectivity index (χ2v) is 7.77. The maximum atomic E-state index is 13.1. The Morgan fingerprint density at radius 3 is 2.06 bits per heavy atom. The van der Waals surface area contributed by atoms with Gasteiger partial charge in [0.2, 0.25) is 0 Å². The predicted octanol–water partition coefficient (Wildman–Crippen LogP) is 2.43. The summed E-state index contributed by atoms with van der Waals surface area (Å²) in [6.45, 7) is 0. The molecular formula is C27H28N2O6. The van der Waals surface area contributed by atoms with Crippen molar-refractivity contribution in [1.29, 1.82) is 0 Å². The number of nitrogens with one attached hydrogen (secondary N) is 2. The minimum Gasteiger partial charge on any atom is -0.496 e. The topological polar surface area (TPSA) is 114 Å². The van der Waals surface area contributed by atoms with Crippen molar-refractivity contribution in [2.75, 3.05) is 14.2 Å². The van der Waals surface area contributed by atoms with Crippen LogP contribution in [0.15, 0.2) is 84.9 Å². The summed E-state index contributed by atoms with van der Waals surface area (Å²) in [5.41, 5.74) is 1.58. The molecule has 0 aliphatic heterocycles. The van der Waals surface area contributed by atoms with Gasteiger partial charge in [-0.05, 0) is 29.3 Å². The highest BCUT2D eigenvalue weighted by Crippen LogP contribution is 2.21. The Balaban J connectivity index is 1.82. The summed E-state index contributed by atoms with van der Waals surface area (Å²) in [5.74, 6) is -1.42. The number of esters is 1. The lowest BCUT2D eigenvalue weighted by Gasteiger charge is -2.26. The van der Waals surface area contributed by atoms with Gasteiger partial charge in [0.1, 0.15) is 11.8 Å². The maximum Gasteiger partial charge on any atom is 0.328 e. The molecule has 3 N–H and O–H groups in total. The Morgan fingerprint density at radius 2 is 1.43 bits per heavy atom. The van der Waals surface area contributed by atoms with Crippen LogP contribution in [-0.2, 0) is 20.7 Å². The molecule has 182 valence electrons. The van der Waals surface area contributed by atoms with Gasteiger partial charge in [-0.25, -0.2) is 4.79 Å². The van der Waals surface area contributed by atoms with Gasteiger partial charge in [-0.1, -0.05) is 66.7 Å². The summed E-state index contributed by atoms with van der Waals surface area (Å²) in [7, 11) is 2.72. The van der Waals surface area contributed by atoms with E-state index in [4.69, 9.17) is 9.47 Å². The van der Waals surface area contributed by atoms with Crippen molar-refractivity contribution in [3.8, 4) is 5.75 Å². The molecule has 2 amide bonds. The Kier molecular flexibility index (Phi) is 8.97. The van der Waals surface area contributed by atoms with Crippen molar-refractivity contribution in [2.24, 2.45) is 0 Å². The SMILES string of the molecule is COC(=O)[C@H](Cc1ccccc1OC)NC(=O)[C@H](O)[C@@H](NC(=O)c1ccccc1)c1ccccc1. The number of carbonyl (C=O) groups excluding carboxylic acids is 3. The number of aliphatic hydroxyl groups is 1. The smallest absolute Gasteiger partial charge is 0.328 e. The van der Waals surface area contributed by atoms with E-state index in [1.165, 1.54) is 14.2 Å². The first kappa shape index (κ1) is 25.5. The van der Waals surface area contributed by atoms with Gasteiger partial charge in [-0.15, -0.1) is 0 Å². The molecule has 8 heteroatoms. The summed E-state index contributed by atoms with van der Waals surface area (Å²) in [6, 6.07) is 22.1. The molecule has 8 nitrogen and oxygen atoms in total. The van der Waals surface area contributed by atoms with Gasteiger partial charge < -0.3 is 25.2 Å². The van der Waals surface area contributed by atoms with E-state index in [2.05, 4.69) is 10.6 Å². The Bertz CT molecular complexity index is 1140. The molecule has 0 aliphatic carbocycles. The summed E-state index contributed by atoms with van der Waals surface area (Å²) in [4.78, 5) is 38.3. The molecule has 0 saturated carbocycles. The summed E-state index contributed by atoms with van der Waals surface area (Å²) in [5, 5.41) is 16.3. The van der Waals surface area contributed by atoms with E-state index < -0.39 is 36.0 Å². The molecule has 0 unspecified atom stereocenters. The minimum absolute atomic E-state index is 0.0848. The summed E-state index contributed by atoms with van der Waals surface area (Å²) in [6.07, 6.45) is -1.60. The molecular weight excluding hydrogens is 448 g/mol. The highest BCUT2D eigenvalue weighted by atomic mass is 16.5. The van der Waals surface area contributed by atoms with Gasteiger partial charge in [-0.3, -0.25) is 9.59 Å². The van der Waals surface area contributed by atoms with E-state index in [0.717, 1.165) is 0 Å². The standard InChI is InChI=1S/C27H28N2O6/c1-34-22-16-10-9-15-20(22)17-21(27(33)35-2)28-26(32)24(30)23(18-11-5-3-6-12-18)29-25(31)19-13-7-4-8-14-19/h3-16,21,23-24,30H,17H2,1-2H3,(H,28,32)(H,29,31)/t21-,23-,24+/m0/s1. The van der Waals surface area contributed by atoms with Crippen LogP contribution < -0.4 is 15.4 Å². The zero-order valence-electron chi connectivity index (χ0n) is 19.5. The number of amides is 2.